The lowest BCUT2D eigenvalue weighted by atomic mass is 9.87. The number of hydrogen-bond acceptors (Lipinski definition) is 3. The second kappa shape index (κ2) is 7.76. The number of benzene rings is 1. The summed E-state index contributed by atoms with van der Waals surface area (Å²) in [5.41, 5.74) is -2.73. The molecule has 4 nitrogen and oxygen atoms in total. The molecule has 0 amide bonds. The van der Waals surface area contributed by atoms with Gasteiger partial charge in [-0.05, 0) is 39.8 Å². The molecule has 0 saturated heterocycles. The Balaban J connectivity index is 3.48. The molecule has 9 heteroatoms. The summed E-state index contributed by atoms with van der Waals surface area (Å²) in [4.78, 5) is 10.6. The van der Waals surface area contributed by atoms with Crippen molar-refractivity contribution in [2.24, 2.45) is 0 Å². The molecule has 0 radical (unpaired) electrons. The number of halogens is 4. The van der Waals surface area contributed by atoms with Gasteiger partial charge in [0.25, 0.3) is 0 Å². The lowest BCUT2D eigenvalue weighted by Gasteiger charge is -2.36. The first-order chi connectivity index (χ1) is 11.3. The predicted molar refractivity (Wildman–Crippen MR) is 86.5 cm³/mol. The molecule has 1 rings (SSSR count). The number of nitrogens with one attached hydrogen (secondary N) is 1. The minimum Gasteiger partial charge on any atom is -0.598 e. The quantitative estimate of drug-likeness (QED) is 0.449. The van der Waals surface area contributed by atoms with E-state index in [4.69, 9.17) is 5.11 Å². The Kier molecular flexibility index (Phi) is 6.66. The third kappa shape index (κ3) is 4.96. The van der Waals surface area contributed by atoms with Gasteiger partial charge in [0.1, 0.15) is 16.5 Å². The molecule has 0 aromatic heterocycles. The second-order valence-corrected chi connectivity index (χ2v) is 8.47. The molecule has 0 saturated carbocycles. The Morgan fingerprint density at radius 3 is 2.36 bits per heavy atom. The Morgan fingerprint density at radius 2 is 1.88 bits per heavy atom. The molecular weight excluding hydrogens is 362 g/mol. The molecule has 0 unspecified atom stereocenters. The van der Waals surface area contributed by atoms with Crippen molar-refractivity contribution >= 4 is 17.3 Å². The van der Waals surface area contributed by atoms with Crippen molar-refractivity contribution in [1.82, 2.24) is 4.72 Å². The molecule has 2 N–H and O–H groups in total. The van der Waals surface area contributed by atoms with E-state index in [0.29, 0.717) is 0 Å². The van der Waals surface area contributed by atoms with Crippen LogP contribution in [-0.4, -0.2) is 26.5 Å². The Labute approximate surface area is 146 Å². The maximum atomic E-state index is 14.7. The van der Waals surface area contributed by atoms with Crippen molar-refractivity contribution in [1.29, 1.82) is 0 Å². The van der Waals surface area contributed by atoms with Gasteiger partial charge in [-0.1, -0.05) is 12.1 Å². The van der Waals surface area contributed by atoms with Crippen LogP contribution in [0.25, 0.3) is 0 Å². The van der Waals surface area contributed by atoms with Gasteiger partial charge < -0.3 is 9.66 Å². The van der Waals surface area contributed by atoms with E-state index in [2.05, 4.69) is 4.72 Å². The van der Waals surface area contributed by atoms with Crippen molar-refractivity contribution < 1.29 is 32.0 Å². The van der Waals surface area contributed by atoms with E-state index < -0.39 is 56.8 Å². The summed E-state index contributed by atoms with van der Waals surface area (Å²) in [6, 6.07) is 2.96. The zero-order chi connectivity index (χ0) is 19.6. The Hall–Kier alpha value is -1.58. The minimum atomic E-state index is -2.45. The monoisotopic (exact) mass is 381 g/mol. The van der Waals surface area contributed by atoms with Crippen LogP contribution in [0, 0.1) is 11.6 Å². The van der Waals surface area contributed by atoms with Crippen molar-refractivity contribution in [3.8, 4) is 0 Å². The molecule has 25 heavy (non-hydrogen) atoms. The maximum Gasteiger partial charge on any atom is 0.364 e. The van der Waals surface area contributed by atoms with E-state index in [-0.39, 0.29) is 6.08 Å². The van der Waals surface area contributed by atoms with E-state index >= 15 is 0 Å². The largest absolute Gasteiger partial charge is 0.598 e. The van der Waals surface area contributed by atoms with E-state index in [9.17, 15) is 26.9 Å². The highest BCUT2D eigenvalue weighted by Gasteiger charge is 2.45. The number of alkyl halides is 1. The summed E-state index contributed by atoms with van der Waals surface area (Å²) >= 11 is -1.95. The molecule has 0 spiro atoms. The van der Waals surface area contributed by atoms with Gasteiger partial charge in [-0.15, -0.1) is 4.72 Å². The van der Waals surface area contributed by atoms with Crippen LogP contribution in [-0.2, 0) is 21.7 Å². The Bertz CT molecular complexity index is 678. The summed E-state index contributed by atoms with van der Waals surface area (Å²) in [5, 5.41) is 8.55. The first kappa shape index (κ1) is 21.5. The lowest BCUT2D eigenvalue weighted by Crippen LogP contribution is -2.54. The van der Waals surface area contributed by atoms with Crippen LogP contribution in [0.3, 0.4) is 0 Å². The van der Waals surface area contributed by atoms with Gasteiger partial charge in [0.15, 0.2) is 11.6 Å². The summed E-state index contributed by atoms with van der Waals surface area (Å²) in [6.45, 7) is 5.71. The van der Waals surface area contributed by atoms with Crippen LogP contribution >= 0.6 is 0 Å². The fraction of sp³-hybridized carbons (Fsp3) is 0.438. The van der Waals surface area contributed by atoms with Crippen molar-refractivity contribution in [2.45, 2.75) is 44.2 Å². The maximum absolute atomic E-state index is 14.7. The van der Waals surface area contributed by atoms with E-state index in [1.54, 1.807) is 20.8 Å². The molecule has 1 aromatic carbocycles. The van der Waals surface area contributed by atoms with Gasteiger partial charge in [-0.25, -0.2) is 18.0 Å². The summed E-state index contributed by atoms with van der Waals surface area (Å²) in [5.74, 6) is -6.50. The third-order valence-electron chi connectivity index (χ3n) is 3.42. The van der Waals surface area contributed by atoms with Gasteiger partial charge in [0.2, 0.25) is 5.83 Å². The van der Waals surface area contributed by atoms with Gasteiger partial charge in [0.05, 0.1) is 0 Å². The molecule has 0 bridgehead atoms. The number of carboxylic acid groups (broad SMARTS) is 1. The number of rotatable bonds is 6. The van der Waals surface area contributed by atoms with E-state index in [1.165, 1.54) is 0 Å². The smallest absolute Gasteiger partial charge is 0.364 e. The first-order valence-corrected chi connectivity index (χ1v) is 8.34. The van der Waals surface area contributed by atoms with E-state index in [0.717, 1.165) is 25.1 Å². The average Bonchev–Trinajstić information content (AvgIpc) is 2.48. The Morgan fingerprint density at radius 1 is 1.32 bits per heavy atom. The summed E-state index contributed by atoms with van der Waals surface area (Å²) < 4.78 is 69.6. The van der Waals surface area contributed by atoms with E-state index in [1.807, 2.05) is 0 Å². The second-order valence-electron chi connectivity index (χ2n) is 6.51. The molecular formula is C16H19F4NO3S. The molecule has 0 aliphatic rings. The topological polar surface area (TPSA) is 72.4 Å². The minimum absolute atomic E-state index is 0.111. The molecule has 140 valence electrons. The number of carboxylic acids is 1. The SMILES string of the molecule is CC(C)(C)[S@@+]([O-])N[C@](C)(c1cccc(F)c1F)[C@@H](F)C=C(F)C(=O)O. The fourth-order valence-electron chi connectivity index (χ4n) is 1.88. The fourth-order valence-corrected chi connectivity index (χ4v) is 2.79. The summed E-state index contributed by atoms with van der Waals surface area (Å²) in [7, 11) is 0. The molecule has 0 aliphatic carbocycles. The zero-order valence-corrected chi connectivity index (χ0v) is 14.9. The third-order valence-corrected chi connectivity index (χ3v) is 5.14. The number of carbonyl (C=O) groups is 1. The van der Waals surface area contributed by atoms with Gasteiger partial charge >= 0.3 is 5.97 Å². The van der Waals surface area contributed by atoms with Crippen molar-refractivity contribution in [3.05, 3.63) is 47.3 Å². The number of hydrogen-bond donors (Lipinski definition) is 2. The van der Waals surface area contributed by atoms with Gasteiger partial charge in [-0.3, -0.25) is 0 Å². The highest BCUT2D eigenvalue weighted by atomic mass is 32.2. The van der Waals surface area contributed by atoms with Crippen LogP contribution in [0.15, 0.2) is 30.1 Å². The highest BCUT2D eigenvalue weighted by molar-refractivity contribution is 7.90. The van der Waals surface area contributed by atoms with Crippen LogP contribution in [0.2, 0.25) is 0 Å². The van der Waals surface area contributed by atoms with Crippen molar-refractivity contribution in [3.63, 3.8) is 0 Å². The van der Waals surface area contributed by atoms with Gasteiger partial charge in [-0.2, -0.15) is 4.39 Å². The van der Waals surface area contributed by atoms with Gasteiger partial charge in [0, 0.05) is 16.9 Å². The molecule has 0 heterocycles. The normalized spacial score (nSPS) is 17.7. The molecule has 3 atom stereocenters. The zero-order valence-electron chi connectivity index (χ0n) is 14.1. The summed E-state index contributed by atoms with van der Waals surface area (Å²) in [6.07, 6.45) is -2.34. The molecule has 0 aliphatic heterocycles. The standard InChI is InChI=1S/C16H19F4NO3S/c1-15(2,3)25(24)21-16(4,12(19)8-11(18)14(22)23)9-6-5-7-10(17)13(9)20/h5-8,12,21H,1-4H3,(H,22,23)/t12-,16+,25+/m0/s1. The van der Waals surface area contributed by atoms with Crippen LogP contribution in [0.5, 0.6) is 0 Å². The highest BCUT2D eigenvalue weighted by Crippen LogP contribution is 2.34. The first-order valence-electron chi connectivity index (χ1n) is 7.19. The van der Waals surface area contributed by atoms with Crippen LogP contribution in [0.1, 0.15) is 33.3 Å². The lowest BCUT2D eigenvalue weighted by molar-refractivity contribution is -0.134. The van der Waals surface area contributed by atoms with Crippen LogP contribution < -0.4 is 4.72 Å². The molecule has 0 fully saturated rings. The number of aliphatic carboxylic acids is 1. The predicted octanol–water partition coefficient (Wildman–Crippen LogP) is 3.51. The van der Waals surface area contributed by atoms with Crippen molar-refractivity contribution in [2.75, 3.05) is 0 Å². The average molecular weight is 381 g/mol. The van der Waals surface area contributed by atoms with Crippen LogP contribution in [0.4, 0.5) is 17.6 Å². The molecule has 1 aromatic rings.